The third-order valence-electron chi connectivity index (χ3n) is 3.50. The molecule has 0 unspecified atom stereocenters. The van der Waals surface area contributed by atoms with Gasteiger partial charge in [0.25, 0.3) is 5.60 Å². The first-order valence-electron chi connectivity index (χ1n) is 6.40. The van der Waals surface area contributed by atoms with Crippen molar-refractivity contribution in [2.75, 3.05) is 13.2 Å². The van der Waals surface area contributed by atoms with Crippen LogP contribution >= 0.6 is 0 Å². The molecule has 0 radical (unpaired) electrons. The topological polar surface area (TPSA) is 35.5 Å². The lowest BCUT2D eigenvalue weighted by Gasteiger charge is -2.33. The van der Waals surface area contributed by atoms with Crippen LogP contribution in [0.2, 0.25) is 0 Å². The zero-order chi connectivity index (χ0) is 16.3. The number of ether oxygens (including phenoxy) is 2. The van der Waals surface area contributed by atoms with Crippen LogP contribution in [-0.2, 0) is 14.3 Å². The van der Waals surface area contributed by atoms with E-state index in [4.69, 9.17) is 4.74 Å². The Bertz CT molecular complexity index is 343. The molecule has 9 heteroatoms. The summed E-state index contributed by atoms with van der Waals surface area (Å²) in [5, 5.41) is 0. The first-order chi connectivity index (χ1) is 9.47. The standard InChI is InChI=1S/C12H16F6O3/c1-10(11(13,14)15,12(16,17)18)21-9(19)3-2-8-4-6-20-7-5-8/h8H,2-7H2,1H3. The van der Waals surface area contributed by atoms with Gasteiger partial charge in [0, 0.05) is 19.6 Å². The van der Waals surface area contributed by atoms with Crippen molar-refractivity contribution < 1.29 is 40.6 Å². The first kappa shape index (κ1) is 18.1. The second-order valence-electron chi connectivity index (χ2n) is 5.10. The molecular formula is C12H16F6O3. The summed E-state index contributed by atoms with van der Waals surface area (Å²) in [5.41, 5.74) is -4.48. The van der Waals surface area contributed by atoms with Gasteiger partial charge in [-0.25, -0.2) is 0 Å². The average Bonchev–Trinajstić information content (AvgIpc) is 2.35. The molecule has 1 fully saturated rings. The lowest BCUT2D eigenvalue weighted by atomic mass is 9.95. The van der Waals surface area contributed by atoms with Gasteiger partial charge in [0.15, 0.2) is 0 Å². The molecule has 0 aromatic carbocycles. The highest BCUT2D eigenvalue weighted by atomic mass is 19.4. The number of rotatable bonds is 4. The molecule has 0 amide bonds. The summed E-state index contributed by atoms with van der Waals surface area (Å²) in [6.07, 6.45) is -10.5. The lowest BCUT2D eigenvalue weighted by Crippen LogP contribution is -2.57. The third kappa shape index (κ3) is 4.49. The van der Waals surface area contributed by atoms with Crippen molar-refractivity contribution in [2.24, 2.45) is 5.92 Å². The van der Waals surface area contributed by atoms with Crippen LogP contribution in [0, 0.1) is 5.92 Å². The van der Waals surface area contributed by atoms with E-state index in [-0.39, 0.29) is 19.3 Å². The van der Waals surface area contributed by atoms with Gasteiger partial charge < -0.3 is 9.47 Å². The summed E-state index contributed by atoms with van der Waals surface area (Å²) < 4.78 is 84.1. The molecule has 0 spiro atoms. The molecule has 0 aliphatic carbocycles. The Balaban J connectivity index is 2.61. The van der Waals surface area contributed by atoms with Crippen LogP contribution in [0.5, 0.6) is 0 Å². The van der Waals surface area contributed by atoms with Crippen LogP contribution < -0.4 is 0 Å². The minimum atomic E-state index is -5.72. The Hall–Kier alpha value is -0.990. The molecule has 0 N–H and O–H groups in total. The summed E-state index contributed by atoms with van der Waals surface area (Å²) in [6, 6.07) is 0. The zero-order valence-electron chi connectivity index (χ0n) is 11.3. The van der Waals surface area contributed by atoms with E-state index in [9.17, 15) is 31.1 Å². The highest BCUT2D eigenvalue weighted by Gasteiger charge is 2.71. The van der Waals surface area contributed by atoms with Gasteiger partial charge in [0.1, 0.15) is 0 Å². The molecule has 124 valence electrons. The fourth-order valence-corrected chi connectivity index (χ4v) is 1.91. The van der Waals surface area contributed by atoms with Crippen LogP contribution in [0.15, 0.2) is 0 Å². The Morgan fingerprint density at radius 2 is 1.57 bits per heavy atom. The summed E-state index contributed by atoms with van der Waals surface area (Å²) in [6.45, 7) is 0.768. The molecular weight excluding hydrogens is 306 g/mol. The Kier molecular flexibility index (Phi) is 5.51. The minimum absolute atomic E-state index is 0.0503. The molecule has 0 aromatic heterocycles. The maximum absolute atomic E-state index is 12.5. The molecule has 21 heavy (non-hydrogen) atoms. The molecule has 3 nitrogen and oxygen atoms in total. The predicted octanol–water partition coefficient (Wildman–Crippen LogP) is 3.62. The van der Waals surface area contributed by atoms with Crippen LogP contribution in [0.3, 0.4) is 0 Å². The van der Waals surface area contributed by atoms with Crippen molar-refractivity contribution in [2.45, 2.75) is 50.6 Å². The van der Waals surface area contributed by atoms with Crippen molar-refractivity contribution >= 4 is 5.97 Å². The fourth-order valence-electron chi connectivity index (χ4n) is 1.91. The number of hydrogen-bond acceptors (Lipinski definition) is 3. The second-order valence-corrected chi connectivity index (χ2v) is 5.10. The smallest absolute Gasteiger partial charge is 0.437 e. The normalized spacial score (nSPS) is 18.6. The van der Waals surface area contributed by atoms with E-state index in [1.165, 1.54) is 0 Å². The summed E-state index contributed by atoms with van der Waals surface area (Å²) >= 11 is 0. The molecule has 0 aromatic rings. The van der Waals surface area contributed by atoms with Crippen LogP contribution in [0.25, 0.3) is 0 Å². The van der Waals surface area contributed by atoms with Crippen molar-refractivity contribution in [1.82, 2.24) is 0 Å². The lowest BCUT2D eigenvalue weighted by molar-refractivity contribution is -0.363. The van der Waals surface area contributed by atoms with Crippen LogP contribution in [0.1, 0.15) is 32.6 Å². The van der Waals surface area contributed by atoms with Crippen LogP contribution in [0.4, 0.5) is 26.3 Å². The Labute approximate surface area is 117 Å². The first-order valence-corrected chi connectivity index (χ1v) is 6.40. The molecule has 1 saturated heterocycles. The van der Waals surface area contributed by atoms with E-state index in [0.29, 0.717) is 26.1 Å². The summed E-state index contributed by atoms with van der Waals surface area (Å²) in [5.74, 6) is -1.45. The van der Waals surface area contributed by atoms with E-state index in [1.807, 2.05) is 0 Å². The maximum atomic E-state index is 12.5. The maximum Gasteiger partial charge on any atom is 0.437 e. The molecule has 1 heterocycles. The van der Waals surface area contributed by atoms with Gasteiger partial charge in [-0.05, 0) is 32.1 Å². The molecule has 0 atom stereocenters. The van der Waals surface area contributed by atoms with Gasteiger partial charge in [-0.3, -0.25) is 4.79 Å². The highest BCUT2D eigenvalue weighted by Crippen LogP contribution is 2.45. The predicted molar refractivity (Wildman–Crippen MR) is 59.4 cm³/mol. The van der Waals surface area contributed by atoms with Crippen molar-refractivity contribution in [1.29, 1.82) is 0 Å². The number of carbonyl (C=O) groups excluding carboxylic acids is 1. The number of halogens is 6. The van der Waals surface area contributed by atoms with Gasteiger partial charge in [0.2, 0.25) is 0 Å². The van der Waals surface area contributed by atoms with Gasteiger partial charge in [0.05, 0.1) is 0 Å². The van der Waals surface area contributed by atoms with Gasteiger partial charge in [-0.1, -0.05) is 0 Å². The van der Waals surface area contributed by atoms with E-state index >= 15 is 0 Å². The van der Waals surface area contributed by atoms with Gasteiger partial charge in [-0.2, -0.15) is 26.3 Å². The Morgan fingerprint density at radius 3 is 2.00 bits per heavy atom. The van der Waals surface area contributed by atoms with Gasteiger partial charge in [-0.15, -0.1) is 0 Å². The highest BCUT2D eigenvalue weighted by molar-refractivity contribution is 5.70. The zero-order valence-corrected chi connectivity index (χ0v) is 11.3. The van der Waals surface area contributed by atoms with Crippen molar-refractivity contribution in [3.05, 3.63) is 0 Å². The number of alkyl halides is 6. The van der Waals surface area contributed by atoms with Crippen LogP contribution in [-0.4, -0.2) is 37.1 Å². The monoisotopic (exact) mass is 322 g/mol. The third-order valence-corrected chi connectivity index (χ3v) is 3.50. The number of carbonyl (C=O) groups is 1. The Morgan fingerprint density at radius 1 is 1.10 bits per heavy atom. The molecule has 1 aliphatic rings. The van der Waals surface area contributed by atoms with Gasteiger partial charge >= 0.3 is 18.3 Å². The van der Waals surface area contributed by atoms with E-state index in [1.54, 1.807) is 0 Å². The van der Waals surface area contributed by atoms with E-state index in [0.717, 1.165) is 0 Å². The summed E-state index contributed by atoms with van der Waals surface area (Å²) in [7, 11) is 0. The van der Waals surface area contributed by atoms with Crippen molar-refractivity contribution in [3.63, 3.8) is 0 Å². The molecule has 1 aliphatic heterocycles. The summed E-state index contributed by atoms with van der Waals surface area (Å²) in [4.78, 5) is 11.3. The number of hydrogen-bond donors (Lipinski definition) is 0. The molecule has 0 saturated carbocycles. The second kappa shape index (κ2) is 6.41. The largest absolute Gasteiger partial charge is 0.440 e. The average molecular weight is 322 g/mol. The molecule has 1 rings (SSSR count). The number of esters is 1. The van der Waals surface area contributed by atoms with E-state index in [2.05, 4.69) is 4.74 Å². The SMILES string of the molecule is CC(OC(=O)CCC1CCOCC1)(C(F)(F)F)C(F)(F)F. The van der Waals surface area contributed by atoms with Crippen molar-refractivity contribution in [3.8, 4) is 0 Å². The molecule has 0 bridgehead atoms. The fraction of sp³-hybridized carbons (Fsp3) is 0.917. The van der Waals surface area contributed by atoms with E-state index < -0.39 is 30.3 Å². The quantitative estimate of drug-likeness (QED) is 0.586. The minimum Gasteiger partial charge on any atom is -0.440 e.